The van der Waals surface area contributed by atoms with Gasteiger partial charge >= 0.3 is 21.3 Å². The van der Waals surface area contributed by atoms with E-state index in [0.717, 1.165) is 11.1 Å². The number of aliphatic hydroxyl groups is 1. The Morgan fingerprint density at radius 2 is 1.13 bits per heavy atom. The van der Waals surface area contributed by atoms with Gasteiger partial charge < -0.3 is 29.1 Å². The van der Waals surface area contributed by atoms with Crippen molar-refractivity contribution in [1.82, 2.24) is 9.56 Å². The van der Waals surface area contributed by atoms with Crippen LogP contribution in [-0.4, -0.2) is 67.4 Å². The van der Waals surface area contributed by atoms with E-state index in [4.69, 9.17) is 43.4 Å². The van der Waals surface area contributed by atoms with Gasteiger partial charge in [0, 0.05) is 31.6 Å². The minimum absolute atomic E-state index is 0.0880. The minimum Gasteiger partial charge on any atom is -0.482 e. The molecule has 0 aliphatic heterocycles. The van der Waals surface area contributed by atoms with Crippen LogP contribution in [0.3, 0.4) is 0 Å². The quantitative estimate of drug-likeness (QED) is 0.0262. The fourth-order valence-electron chi connectivity index (χ4n) is 4.57. The van der Waals surface area contributed by atoms with Gasteiger partial charge in [0.2, 0.25) is 0 Å². The summed E-state index contributed by atoms with van der Waals surface area (Å²) in [5, 5.41) is 21.2. The molecule has 3 rings (SSSR count). The zero-order valence-corrected chi connectivity index (χ0v) is 35.2. The molecule has 284 valence electrons. The summed E-state index contributed by atoms with van der Waals surface area (Å²) >= 11 is 11.8. The third kappa shape index (κ3) is 12.5. The van der Waals surface area contributed by atoms with Crippen LogP contribution < -0.4 is 14.2 Å². The Balaban J connectivity index is 1.62. The molecule has 53 heavy (non-hydrogen) atoms. The molecule has 0 aromatic heterocycles. The number of nitrogens with zero attached hydrogens (tertiary/aromatic N) is 7. The first-order chi connectivity index (χ1) is 24.8. The summed E-state index contributed by atoms with van der Waals surface area (Å²) in [5.74, 6) is -0.227. The Kier molecular flexibility index (Phi) is 15.5. The normalized spacial score (nSPS) is 15.5. The van der Waals surface area contributed by atoms with Gasteiger partial charge in [-0.25, -0.2) is 0 Å². The van der Waals surface area contributed by atoms with Gasteiger partial charge in [-0.3, -0.25) is 4.57 Å². The molecule has 0 saturated heterocycles. The van der Waals surface area contributed by atoms with Crippen molar-refractivity contribution in [3.05, 3.63) is 99.9 Å². The third-order valence-corrected chi connectivity index (χ3v) is 16.3. The van der Waals surface area contributed by atoms with Crippen molar-refractivity contribution in [1.29, 1.82) is 0 Å². The molecule has 3 aromatic carbocycles. The van der Waals surface area contributed by atoms with E-state index >= 15 is 0 Å². The van der Waals surface area contributed by atoms with E-state index in [9.17, 15) is 19.5 Å². The zero-order chi connectivity index (χ0) is 39.6. The molecule has 0 spiro atoms. The van der Waals surface area contributed by atoms with E-state index in [2.05, 4.69) is 20.2 Å². The molecule has 5 atom stereocenters. The van der Waals surface area contributed by atoms with Gasteiger partial charge in [0.15, 0.2) is 35.2 Å². The fourth-order valence-corrected chi connectivity index (χ4v) is 8.81. The smallest absolute Gasteiger partial charge is 0.358 e. The number of ether oxygens (including phenoxy) is 3. The van der Waals surface area contributed by atoms with Crippen LogP contribution in [0, 0.1) is 0 Å². The number of azide groups is 1. The maximum absolute atomic E-state index is 11.4. The number of rotatable bonds is 19. The van der Waals surface area contributed by atoms with E-state index in [1.165, 1.54) is 12.1 Å². The number of hydrogen-bond donors (Lipinski definition) is 3. The molecule has 5 unspecified atom stereocenters. The molecule has 0 saturated carbocycles. The van der Waals surface area contributed by atoms with Crippen molar-refractivity contribution in [2.24, 2.45) is 15.3 Å². The highest BCUT2D eigenvalue weighted by Gasteiger charge is 2.46. The van der Waals surface area contributed by atoms with Crippen molar-refractivity contribution >= 4 is 57.3 Å². The Hall–Kier alpha value is -3.54. The van der Waals surface area contributed by atoms with Crippen LogP contribution in [0.1, 0.15) is 76.9 Å². The average molecular weight is 822 g/mol. The number of benzene rings is 3. The molecule has 3 N–H and O–H groups in total. The summed E-state index contributed by atoms with van der Waals surface area (Å²) in [6.07, 6.45) is 4.66. The lowest BCUT2D eigenvalue weighted by atomic mass is 10.2. The Labute approximate surface area is 322 Å². The molecule has 0 fully saturated rings. The highest BCUT2D eigenvalue weighted by Crippen LogP contribution is 2.50. The Bertz CT molecular complexity index is 1890. The summed E-state index contributed by atoms with van der Waals surface area (Å²) in [5.41, 5.74) is 9.47. The van der Waals surface area contributed by atoms with E-state index in [0.29, 0.717) is 30.1 Å². The highest BCUT2D eigenvalue weighted by atomic mass is 32.4. The first-order valence-electron chi connectivity index (χ1n) is 16.4. The fraction of sp³-hybridized carbons (Fsp3) is 0.412. The second-order valence-corrected chi connectivity index (χ2v) is 20.6. The largest absolute Gasteiger partial charge is 0.482 e. The topological polar surface area (TPSA) is 185 Å². The predicted octanol–water partition coefficient (Wildman–Crippen LogP) is 8.94. The van der Waals surface area contributed by atoms with E-state index in [-0.39, 0.29) is 5.56 Å². The number of aliphatic hydroxyl groups excluding tert-OH is 1. The lowest BCUT2D eigenvalue weighted by Gasteiger charge is -2.24. The molecule has 0 heterocycles. The second-order valence-electron chi connectivity index (χ2n) is 12.7. The van der Waals surface area contributed by atoms with Gasteiger partial charge in [0.25, 0.3) is 10.7 Å². The van der Waals surface area contributed by atoms with Crippen molar-refractivity contribution in [2.45, 2.75) is 76.6 Å². The minimum atomic E-state index is -4.69. The van der Waals surface area contributed by atoms with Gasteiger partial charge in [-0.2, -0.15) is 0 Å². The van der Waals surface area contributed by atoms with Crippen LogP contribution in [-0.2, 0) is 28.2 Å². The zero-order valence-electron chi connectivity index (χ0n) is 30.8. The van der Waals surface area contributed by atoms with Gasteiger partial charge in [0.1, 0.15) is 17.2 Å². The van der Waals surface area contributed by atoms with Gasteiger partial charge in [0.05, 0.1) is 26.5 Å². The monoisotopic (exact) mass is 821 g/mol. The van der Waals surface area contributed by atoms with Crippen molar-refractivity contribution < 1.29 is 33.7 Å². The lowest BCUT2D eigenvalue weighted by Crippen LogP contribution is -2.30. The predicted molar refractivity (Wildman–Crippen MR) is 218 cm³/mol. The van der Waals surface area contributed by atoms with Gasteiger partial charge in [-0.15, -0.1) is 19.8 Å². The Morgan fingerprint density at radius 1 is 0.774 bits per heavy atom. The van der Waals surface area contributed by atoms with Crippen LogP contribution >= 0.6 is 21.3 Å². The summed E-state index contributed by atoms with van der Waals surface area (Å²) in [7, 11) is -1.06. The van der Waals surface area contributed by atoms with E-state index < -0.39 is 43.5 Å². The maximum atomic E-state index is 11.4. The van der Waals surface area contributed by atoms with Gasteiger partial charge in [-0.1, -0.05) is 26.0 Å². The molecule has 14 nitrogen and oxygen atoms in total. The molecule has 0 bridgehead atoms. The molecular formula is C34H46N7O7P3S2+2. The van der Waals surface area contributed by atoms with Gasteiger partial charge in [-0.05, 0) is 102 Å². The third-order valence-electron chi connectivity index (χ3n) is 7.98. The molecule has 0 aliphatic rings. The molecule has 0 radical (unpaired) electrons. The number of hydrogen-bond acceptors (Lipinski definition) is 10. The van der Waals surface area contributed by atoms with E-state index in [1.54, 1.807) is 67.1 Å². The van der Waals surface area contributed by atoms with Crippen molar-refractivity contribution in [3.8, 4) is 17.2 Å². The van der Waals surface area contributed by atoms with Crippen LogP contribution in [0.25, 0.3) is 10.4 Å². The molecule has 0 amide bonds. The van der Waals surface area contributed by atoms with Crippen LogP contribution in [0.15, 0.2) is 88.1 Å². The molecular weight excluding hydrogens is 775 g/mol. The summed E-state index contributed by atoms with van der Waals surface area (Å²) in [6, 6.07) is 20.7. The molecule has 0 aliphatic carbocycles. The highest BCUT2D eigenvalue weighted by molar-refractivity contribution is 8.04. The van der Waals surface area contributed by atoms with Crippen molar-refractivity contribution in [3.63, 3.8) is 0 Å². The van der Waals surface area contributed by atoms with Crippen LogP contribution in [0.4, 0.5) is 0 Å². The summed E-state index contributed by atoms with van der Waals surface area (Å²) in [6.45, 7) is 8.59. The SMILES string of the molecule is CCC(C)(Oc1ccc(/C=N/N(C)[P+](=S)C(C)(CC)Oc2ccc(C(O)P(=O)(O)O)cc2)cc1)[P+](=S)N(C)/N=C/c1ccc(OC(C)(C)N=[N+]=[N-])cc1. The maximum Gasteiger partial charge on any atom is 0.358 e. The van der Waals surface area contributed by atoms with Crippen LogP contribution in [0.2, 0.25) is 0 Å². The summed E-state index contributed by atoms with van der Waals surface area (Å²) < 4.78 is 33.3. The molecule has 19 heteroatoms. The number of hydrazone groups is 2. The van der Waals surface area contributed by atoms with Crippen LogP contribution in [0.5, 0.6) is 17.2 Å². The second kappa shape index (κ2) is 18.7. The first-order valence-corrected chi connectivity index (χ1v) is 22.7. The standard InChI is InChI=1S/C34H44N7O7P3S2/c1-9-33(5,49(52)40(7)36-23-25-11-17-28(18-12-25)46-32(3,4)38-39-35)47-29-19-13-26(14-20-29)24-37-41(8)50(53)34(6,10-2)48-30-21-15-27(16-22-30)31(42)51(43,44)45/h11-24,31,42H,9-10H2,1-8H3/p+2/b36-23+,37-24+. The van der Waals surface area contributed by atoms with E-state index in [1.807, 2.05) is 71.1 Å². The Morgan fingerprint density at radius 3 is 1.47 bits per heavy atom. The first kappa shape index (κ1) is 43.9. The van der Waals surface area contributed by atoms with Crippen molar-refractivity contribution in [2.75, 3.05) is 14.1 Å². The summed E-state index contributed by atoms with van der Waals surface area (Å²) in [4.78, 5) is 21.3. The lowest BCUT2D eigenvalue weighted by molar-refractivity contribution is 0.117. The molecule has 3 aromatic rings. The average Bonchev–Trinajstić information content (AvgIpc) is 3.12.